The summed E-state index contributed by atoms with van der Waals surface area (Å²) in [5.41, 5.74) is -0.191. The second-order valence-electron chi connectivity index (χ2n) is 3.98. The summed E-state index contributed by atoms with van der Waals surface area (Å²) < 4.78 is 5.02. The minimum Gasteiger partial charge on any atom is -0.383 e. The molecule has 0 saturated carbocycles. The van der Waals surface area contributed by atoms with Gasteiger partial charge in [0.15, 0.2) is 0 Å². The molecule has 0 aliphatic heterocycles. The lowest BCUT2D eigenvalue weighted by molar-refractivity contribution is 0.390. The molecule has 3 aromatic rings. The SMILES string of the molecule is O=c1cc(CSc2ccc3ccccc3c2)o[nH]1. The predicted octanol–water partition coefficient (Wildman–Crippen LogP) is 3.41. The minimum atomic E-state index is -0.191. The number of thioether (sulfide) groups is 1. The number of benzene rings is 2. The normalized spacial score (nSPS) is 10.9. The Morgan fingerprint density at radius 1 is 1.06 bits per heavy atom. The van der Waals surface area contributed by atoms with E-state index in [1.165, 1.54) is 16.8 Å². The van der Waals surface area contributed by atoms with Crippen LogP contribution in [0.2, 0.25) is 0 Å². The van der Waals surface area contributed by atoms with E-state index in [-0.39, 0.29) is 5.56 Å². The van der Waals surface area contributed by atoms with E-state index >= 15 is 0 Å². The van der Waals surface area contributed by atoms with Crippen LogP contribution < -0.4 is 5.56 Å². The van der Waals surface area contributed by atoms with Gasteiger partial charge in [0.1, 0.15) is 5.76 Å². The third-order valence-electron chi connectivity index (χ3n) is 2.68. The second kappa shape index (κ2) is 4.74. The first-order valence-electron chi connectivity index (χ1n) is 5.60. The largest absolute Gasteiger partial charge is 0.383 e. The zero-order valence-electron chi connectivity index (χ0n) is 9.55. The topological polar surface area (TPSA) is 46.0 Å². The summed E-state index contributed by atoms with van der Waals surface area (Å²) >= 11 is 1.65. The molecule has 0 radical (unpaired) electrons. The van der Waals surface area contributed by atoms with E-state index in [4.69, 9.17) is 4.52 Å². The Kier molecular flexibility index (Phi) is 2.94. The number of aromatic nitrogens is 1. The van der Waals surface area contributed by atoms with E-state index in [1.54, 1.807) is 11.8 Å². The van der Waals surface area contributed by atoms with E-state index in [0.717, 1.165) is 4.90 Å². The van der Waals surface area contributed by atoms with Crippen LogP contribution in [0.3, 0.4) is 0 Å². The molecule has 1 aromatic heterocycles. The fourth-order valence-corrected chi connectivity index (χ4v) is 2.63. The van der Waals surface area contributed by atoms with E-state index in [1.807, 2.05) is 12.1 Å². The van der Waals surface area contributed by atoms with Crippen LogP contribution in [0.25, 0.3) is 10.8 Å². The van der Waals surface area contributed by atoms with Gasteiger partial charge in [-0.1, -0.05) is 30.3 Å². The van der Waals surface area contributed by atoms with E-state index in [9.17, 15) is 4.79 Å². The lowest BCUT2D eigenvalue weighted by Crippen LogP contribution is -1.92. The highest BCUT2D eigenvalue weighted by Crippen LogP contribution is 2.25. The monoisotopic (exact) mass is 257 g/mol. The summed E-state index contributed by atoms with van der Waals surface area (Å²) in [6.07, 6.45) is 0. The van der Waals surface area contributed by atoms with Crippen molar-refractivity contribution < 1.29 is 4.52 Å². The Labute approximate surface area is 108 Å². The van der Waals surface area contributed by atoms with Crippen molar-refractivity contribution in [3.8, 4) is 0 Å². The van der Waals surface area contributed by atoms with Crippen LogP contribution >= 0.6 is 11.8 Å². The van der Waals surface area contributed by atoms with Gasteiger partial charge in [-0.3, -0.25) is 4.79 Å². The Balaban J connectivity index is 1.80. The van der Waals surface area contributed by atoms with Crippen molar-refractivity contribution in [1.29, 1.82) is 0 Å². The molecule has 1 N–H and O–H groups in total. The van der Waals surface area contributed by atoms with Crippen LogP contribution in [0.5, 0.6) is 0 Å². The van der Waals surface area contributed by atoms with Gasteiger partial charge in [-0.15, -0.1) is 11.8 Å². The summed E-state index contributed by atoms with van der Waals surface area (Å²) in [5.74, 6) is 1.31. The van der Waals surface area contributed by atoms with Crippen molar-refractivity contribution in [2.24, 2.45) is 0 Å². The summed E-state index contributed by atoms with van der Waals surface area (Å²) in [4.78, 5) is 12.1. The summed E-state index contributed by atoms with van der Waals surface area (Å²) in [6.45, 7) is 0. The van der Waals surface area contributed by atoms with Crippen molar-refractivity contribution in [3.05, 3.63) is 64.6 Å². The quantitative estimate of drug-likeness (QED) is 0.731. The molecule has 18 heavy (non-hydrogen) atoms. The Bertz CT molecular complexity index is 729. The Hall–Kier alpha value is -1.94. The van der Waals surface area contributed by atoms with Crippen LogP contribution in [-0.2, 0) is 5.75 Å². The maximum Gasteiger partial charge on any atom is 0.280 e. The molecule has 2 aromatic carbocycles. The molecule has 90 valence electrons. The number of nitrogens with one attached hydrogen (secondary N) is 1. The molecule has 0 spiro atoms. The molecule has 3 nitrogen and oxygen atoms in total. The van der Waals surface area contributed by atoms with Crippen LogP contribution in [0.1, 0.15) is 5.76 Å². The number of hydrogen-bond acceptors (Lipinski definition) is 3. The molecule has 0 atom stereocenters. The van der Waals surface area contributed by atoms with Gasteiger partial charge in [-0.25, -0.2) is 0 Å². The molecule has 0 aliphatic rings. The fraction of sp³-hybridized carbons (Fsp3) is 0.0714. The number of aromatic amines is 1. The van der Waals surface area contributed by atoms with Crippen molar-refractivity contribution in [2.75, 3.05) is 0 Å². The molecular formula is C14H11NO2S. The lowest BCUT2D eigenvalue weighted by Gasteiger charge is -2.02. The van der Waals surface area contributed by atoms with Crippen LogP contribution in [0.4, 0.5) is 0 Å². The molecule has 0 aliphatic carbocycles. The molecule has 0 fully saturated rings. The second-order valence-corrected chi connectivity index (χ2v) is 5.03. The first-order chi connectivity index (χ1) is 8.81. The minimum absolute atomic E-state index is 0.191. The predicted molar refractivity (Wildman–Crippen MR) is 72.8 cm³/mol. The summed E-state index contributed by atoms with van der Waals surface area (Å²) in [5, 5.41) is 4.74. The van der Waals surface area contributed by atoms with Gasteiger partial charge in [-0.05, 0) is 22.9 Å². The first-order valence-corrected chi connectivity index (χ1v) is 6.59. The summed E-state index contributed by atoms with van der Waals surface area (Å²) in [6, 6.07) is 16.1. The van der Waals surface area contributed by atoms with E-state index in [0.29, 0.717) is 11.5 Å². The maximum absolute atomic E-state index is 10.9. The number of hydrogen-bond donors (Lipinski definition) is 1. The van der Waals surface area contributed by atoms with E-state index in [2.05, 4.69) is 35.5 Å². The third kappa shape index (κ3) is 2.33. The highest BCUT2D eigenvalue weighted by Gasteiger charge is 2.02. The molecule has 4 heteroatoms. The van der Waals surface area contributed by atoms with Crippen molar-refractivity contribution in [3.63, 3.8) is 0 Å². The van der Waals surface area contributed by atoms with Crippen LogP contribution in [-0.4, -0.2) is 5.16 Å². The molecule has 0 unspecified atom stereocenters. The average molecular weight is 257 g/mol. The van der Waals surface area contributed by atoms with Crippen LogP contribution in [0.15, 0.2) is 62.7 Å². The van der Waals surface area contributed by atoms with Gasteiger partial charge in [0, 0.05) is 11.0 Å². The van der Waals surface area contributed by atoms with Gasteiger partial charge in [0.2, 0.25) is 0 Å². The number of fused-ring (bicyclic) bond motifs is 1. The zero-order chi connectivity index (χ0) is 12.4. The van der Waals surface area contributed by atoms with Gasteiger partial charge in [-0.2, -0.15) is 5.16 Å². The highest BCUT2D eigenvalue weighted by atomic mass is 32.2. The van der Waals surface area contributed by atoms with Gasteiger partial charge >= 0.3 is 0 Å². The Morgan fingerprint density at radius 3 is 2.67 bits per heavy atom. The fourth-order valence-electron chi connectivity index (χ4n) is 1.80. The molecule has 1 heterocycles. The maximum atomic E-state index is 10.9. The van der Waals surface area contributed by atoms with Crippen molar-refractivity contribution in [2.45, 2.75) is 10.6 Å². The molecule has 3 rings (SSSR count). The average Bonchev–Trinajstić information content (AvgIpc) is 2.82. The van der Waals surface area contributed by atoms with Gasteiger partial charge in [0.05, 0.1) is 5.75 Å². The van der Waals surface area contributed by atoms with Crippen molar-refractivity contribution in [1.82, 2.24) is 5.16 Å². The van der Waals surface area contributed by atoms with Crippen molar-refractivity contribution >= 4 is 22.5 Å². The third-order valence-corrected chi connectivity index (χ3v) is 3.69. The lowest BCUT2D eigenvalue weighted by atomic mass is 10.1. The first kappa shape index (κ1) is 11.2. The molecule has 0 saturated heterocycles. The van der Waals surface area contributed by atoms with Crippen LogP contribution in [0, 0.1) is 0 Å². The zero-order valence-corrected chi connectivity index (χ0v) is 10.4. The van der Waals surface area contributed by atoms with Gasteiger partial charge < -0.3 is 4.52 Å². The number of H-pyrrole nitrogens is 1. The standard InChI is InChI=1S/C14H11NO2S/c16-14-8-12(17-15-14)9-18-13-6-5-10-3-1-2-4-11(10)7-13/h1-8H,9H2,(H,15,16). The molecular weight excluding hydrogens is 246 g/mol. The van der Waals surface area contributed by atoms with Gasteiger partial charge in [0.25, 0.3) is 5.56 Å². The van der Waals surface area contributed by atoms with E-state index < -0.39 is 0 Å². The Morgan fingerprint density at radius 2 is 1.89 bits per heavy atom. The highest BCUT2D eigenvalue weighted by molar-refractivity contribution is 7.98. The molecule has 0 amide bonds. The molecule has 0 bridgehead atoms. The smallest absolute Gasteiger partial charge is 0.280 e. The number of rotatable bonds is 3. The summed E-state index contributed by atoms with van der Waals surface area (Å²) in [7, 11) is 0.